The molecule has 1 fully saturated rings. The third-order valence-electron chi connectivity index (χ3n) is 5.84. The van der Waals surface area contributed by atoms with Gasteiger partial charge >= 0.3 is 0 Å². The standard InChI is InChI=1S/C24H28N8O4/c1-4-20(33)31-10-6-7-16(14-31)32-13-15(11-27-32)28-24-26-12-17(22(25)34)23(30-24)29-21-18(35-2)8-5-9-19(21)36-3/h4-5,8-9,11-13,16H,1,6-7,10,14H2,2-3H3,(H2,25,34)(H2,26,28,29,30)/t16-/m1/s1. The Bertz CT molecular complexity index is 1250. The van der Waals surface area contributed by atoms with Gasteiger partial charge in [-0.1, -0.05) is 12.6 Å². The summed E-state index contributed by atoms with van der Waals surface area (Å²) in [4.78, 5) is 34.5. The minimum atomic E-state index is -0.693. The molecule has 0 bridgehead atoms. The number of para-hydroxylation sites is 1. The maximum atomic E-state index is 12.0. The molecule has 2 aromatic heterocycles. The first-order valence-corrected chi connectivity index (χ1v) is 11.3. The first kappa shape index (κ1) is 24.5. The molecule has 3 aromatic rings. The van der Waals surface area contributed by atoms with Crippen LogP contribution in [-0.2, 0) is 4.79 Å². The average Bonchev–Trinajstić information content (AvgIpc) is 3.36. The van der Waals surface area contributed by atoms with Crippen molar-refractivity contribution in [2.75, 3.05) is 37.9 Å². The van der Waals surface area contributed by atoms with Gasteiger partial charge in [0.25, 0.3) is 5.91 Å². The molecule has 0 aliphatic carbocycles. The smallest absolute Gasteiger partial charge is 0.254 e. The summed E-state index contributed by atoms with van der Waals surface area (Å²) in [5.74, 6) is 0.622. The molecule has 1 aromatic carbocycles. The monoisotopic (exact) mass is 492 g/mol. The number of nitrogens with zero attached hydrogens (tertiary/aromatic N) is 5. The number of hydrogen-bond donors (Lipinski definition) is 3. The first-order valence-electron chi connectivity index (χ1n) is 11.3. The van der Waals surface area contributed by atoms with Crippen LogP contribution in [0.5, 0.6) is 11.5 Å². The molecule has 1 saturated heterocycles. The van der Waals surface area contributed by atoms with Crippen LogP contribution in [0.2, 0.25) is 0 Å². The number of methoxy groups -OCH3 is 2. The summed E-state index contributed by atoms with van der Waals surface area (Å²) in [6.45, 7) is 4.84. The van der Waals surface area contributed by atoms with Gasteiger partial charge in [-0.2, -0.15) is 10.1 Å². The van der Waals surface area contributed by atoms with E-state index in [9.17, 15) is 9.59 Å². The summed E-state index contributed by atoms with van der Waals surface area (Å²) < 4.78 is 12.7. The lowest BCUT2D eigenvalue weighted by atomic mass is 10.1. The Labute approximate surface area is 208 Å². The van der Waals surface area contributed by atoms with E-state index in [0.717, 1.165) is 12.8 Å². The highest BCUT2D eigenvalue weighted by Crippen LogP contribution is 2.37. The molecule has 1 aliphatic rings. The summed E-state index contributed by atoms with van der Waals surface area (Å²) >= 11 is 0. The number of anilines is 4. The summed E-state index contributed by atoms with van der Waals surface area (Å²) in [5, 5.41) is 10.6. The second-order valence-electron chi connectivity index (χ2n) is 8.10. The van der Waals surface area contributed by atoms with Crippen LogP contribution in [0.15, 0.2) is 49.4 Å². The zero-order valence-corrected chi connectivity index (χ0v) is 20.1. The molecule has 1 atom stereocenters. The number of rotatable bonds is 9. The first-order chi connectivity index (χ1) is 17.4. The molecule has 4 N–H and O–H groups in total. The van der Waals surface area contributed by atoms with Crippen molar-refractivity contribution in [1.82, 2.24) is 24.6 Å². The Morgan fingerprint density at radius 2 is 1.94 bits per heavy atom. The third-order valence-corrected chi connectivity index (χ3v) is 5.84. The minimum Gasteiger partial charge on any atom is -0.494 e. The number of benzene rings is 1. The second kappa shape index (κ2) is 10.8. The fraction of sp³-hybridized carbons (Fsp3) is 0.292. The molecule has 0 spiro atoms. The van der Waals surface area contributed by atoms with Crippen LogP contribution >= 0.6 is 0 Å². The molecule has 0 saturated carbocycles. The highest BCUT2D eigenvalue weighted by atomic mass is 16.5. The molecular weight excluding hydrogens is 464 g/mol. The Kier molecular flexibility index (Phi) is 7.33. The van der Waals surface area contributed by atoms with Gasteiger partial charge in [-0.3, -0.25) is 14.3 Å². The maximum Gasteiger partial charge on any atom is 0.254 e. The summed E-state index contributed by atoms with van der Waals surface area (Å²) in [6, 6.07) is 5.32. The lowest BCUT2D eigenvalue weighted by molar-refractivity contribution is -0.127. The van der Waals surface area contributed by atoms with Crippen molar-refractivity contribution in [1.29, 1.82) is 0 Å². The topological polar surface area (TPSA) is 150 Å². The lowest BCUT2D eigenvalue weighted by Crippen LogP contribution is -2.39. The van der Waals surface area contributed by atoms with Gasteiger partial charge < -0.3 is 30.7 Å². The molecule has 2 amide bonds. The van der Waals surface area contributed by atoms with E-state index in [4.69, 9.17) is 15.2 Å². The summed E-state index contributed by atoms with van der Waals surface area (Å²) in [7, 11) is 3.05. The van der Waals surface area contributed by atoms with Crippen LogP contribution in [0.1, 0.15) is 29.2 Å². The normalized spacial score (nSPS) is 15.2. The number of nitrogens with one attached hydrogen (secondary N) is 2. The Morgan fingerprint density at radius 1 is 1.19 bits per heavy atom. The molecule has 12 heteroatoms. The van der Waals surface area contributed by atoms with Gasteiger partial charge in [0.1, 0.15) is 28.6 Å². The van der Waals surface area contributed by atoms with Gasteiger partial charge in [0.2, 0.25) is 11.9 Å². The molecular formula is C24H28N8O4. The van der Waals surface area contributed by atoms with Crippen molar-refractivity contribution < 1.29 is 19.1 Å². The van der Waals surface area contributed by atoms with Crippen molar-refractivity contribution in [2.45, 2.75) is 18.9 Å². The van der Waals surface area contributed by atoms with E-state index >= 15 is 0 Å². The molecule has 36 heavy (non-hydrogen) atoms. The molecule has 188 valence electrons. The number of amides is 2. The van der Waals surface area contributed by atoms with Crippen molar-refractivity contribution in [3.8, 4) is 11.5 Å². The van der Waals surface area contributed by atoms with Crippen molar-refractivity contribution in [3.63, 3.8) is 0 Å². The summed E-state index contributed by atoms with van der Waals surface area (Å²) in [5.41, 5.74) is 6.78. The largest absolute Gasteiger partial charge is 0.494 e. The van der Waals surface area contributed by atoms with E-state index in [2.05, 4.69) is 32.3 Å². The van der Waals surface area contributed by atoms with Gasteiger partial charge in [-0.05, 0) is 31.1 Å². The Morgan fingerprint density at radius 3 is 2.61 bits per heavy atom. The molecule has 12 nitrogen and oxygen atoms in total. The maximum absolute atomic E-state index is 12.0. The van der Waals surface area contributed by atoms with Crippen LogP contribution < -0.4 is 25.8 Å². The van der Waals surface area contributed by atoms with Crippen molar-refractivity contribution in [3.05, 3.63) is 55.0 Å². The van der Waals surface area contributed by atoms with Crippen LogP contribution in [0.4, 0.5) is 23.1 Å². The fourth-order valence-electron chi connectivity index (χ4n) is 4.04. The van der Waals surface area contributed by atoms with E-state index in [1.807, 2.05) is 10.9 Å². The third kappa shape index (κ3) is 5.22. The zero-order valence-electron chi connectivity index (χ0n) is 20.1. The predicted molar refractivity (Wildman–Crippen MR) is 134 cm³/mol. The second-order valence-corrected chi connectivity index (χ2v) is 8.10. The van der Waals surface area contributed by atoms with Crippen LogP contribution in [0, 0.1) is 0 Å². The van der Waals surface area contributed by atoms with Gasteiger partial charge in [0.15, 0.2) is 0 Å². The van der Waals surface area contributed by atoms with E-state index in [1.165, 1.54) is 26.5 Å². The van der Waals surface area contributed by atoms with E-state index < -0.39 is 5.91 Å². The van der Waals surface area contributed by atoms with Gasteiger partial charge in [-0.25, -0.2) is 4.98 Å². The number of nitrogens with two attached hydrogens (primary N) is 1. The van der Waals surface area contributed by atoms with Crippen molar-refractivity contribution >= 4 is 35.0 Å². The number of hydrogen-bond acceptors (Lipinski definition) is 9. The van der Waals surface area contributed by atoms with Gasteiger partial charge in [0, 0.05) is 25.5 Å². The Balaban J connectivity index is 1.56. The van der Waals surface area contributed by atoms with E-state index in [1.54, 1.807) is 29.3 Å². The van der Waals surface area contributed by atoms with Crippen molar-refractivity contribution in [2.24, 2.45) is 5.73 Å². The van der Waals surface area contributed by atoms with E-state index in [0.29, 0.717) is 36.0 Å². The molecule has 4 rings (SSSR count). The average molecular weight is 493 g/mol. The molecule has 3 heterocycles. The molecule has 0 unspecified atom stereocenters. The minimum absolute atomic E-state index is 0.0478. The highest BCUT2D eigenvalue weighted by molar-refractivity contribution is 5.98. The summed E-state index contributed by atoms with van der Waals surface area (Å²) in [6.07, 6.45) is 7.93. The number of aromatic nitrogens is 4. The van der Waals surface area contributed by atoms with Gasteiger partial charge in [0.05, 0.1) is 32.1 Å². The Hall–Kier alpha value is -4.61. The molecule has 1 aliphatic heterocycles. The van der Waals surface area contributed by atoms with Crippen LogP contribution in [0.25, 0.3) is 0 Å². The number of carbonyl (C=O) groups is 2. The lowest BCUT2D eigenvalue weighted by Gasteiger charge is -2.32. The number of ether oxygens (including phenoxy) is 2. The SMILES string of the molecule is C=CC(=O)N1CCC[C@@H](n2cc(Nc3ncc(C(N)=O)c(Nc4c(OC)cccc4OC)n3)cn2)C1. The van der Waals surface area contributed by atoms with Gasteiger partial charge in [-0.15, -0.1) is 0 Å². The van der Waals surface area contributed by atoms with Crippen LogP contribution in [0.3, 0.4) is 0 Å². The molecule has 0 radical (unpaired) electrons. The quantitative estimate of drug-likeness (QED) is 0.383. The van der Waals surface area contributed by atoms with E-state index in [-0.39, 0.29) is 29.3 Å². The number of primary amides is 1. The number of carbonyl (C=O) groups excluding carboxylic acids is 2. The fourth-order valence-corrected chi connectivity index (χ4v) is 4.04. The zero-order chi connectivity index (χ0) is 25.7. The van der Waals surface area contributed by atoms with Crippen LogP contribution in [-0.4, -0.2) is 63.8 Å². The number of likely N-dealkylation sites (tertiary alicyclic amines) is 1. The number of piperidine rings is 1. The predicted octanol–water partition coefficient (Wildman–Crippen LogP) is 2.63. The highest BCUT2D eigenvalue weighted by Gasteiger charge is 2.24.